The zero-order valence-corrected chi connectivity index (χ0v) is 13.3. The summed E-state index contributed by atoms with van der Waals surface area (Å²) in [5, 5.41) is 12.3. The third-order valence-corrected chi connectivity index (χ3v) is 3.44. The van der Waals surface area contributed by atoms with Crippen molar-refractivity contribution in [1.82, 2.24) is 5.32 Å². The van der Waals surface area contributed by atoms with Crippen molar-refractivity contribution in [2.24, 2.45) is 5.92 Å². The highest BCUT2D eigenvalue weighted by molar-refractivity contribution is 5.75. The number of carboxylic acid groups (broad SMARTS) is 1. The molecule has 118 valence electrons. The molecule has 4 heteroatoms. The molecule has 1 rings (SSSR count). The number of hydrogen-bond donors (Lipinski definition) is 2. The van der Waals surface area contributed by atoms with Crippen LogP contribution in [-0.2, 0) is 16.1 Å². The van der Waals surface area contributed by atoms with Crippen LogP contribution in [0.5, 0.6) is 0 Å². The summed E-state index contributed by atoms with van der Waals surface area (Å²) in [6.07, 6.45) is 1.10. The molecule has 0 amide bonds. The Bertz CT molecular complexity index is 415. The van der Waals surface area contributed by atoms with Gasteiger partial charge >= 0.3 is 5.97 Å². The Morgan fingerprint density at radius 3 is 2.43 bits per heavy atom. The first-order valence-corrected chi connectivity index (χ1v) is 7.60. The summed E-state index contributed by atoms with van der Waals surface area (Å²) < 4.78 is 5.53. The average molecular weight is 293 g/mol. The maximum absolute atomic E-state index is 10.9. The van der Waals surface area contributed by atoms with Crippen LogP contribution in [-0.4, -0.2) is 30.8 Å². The SMILES string of the molecule is CC(C)CCOCCNCc1ccc(C(C)C(=O)O)cc1. The second-order valence-electron chi connectivity index (χ2n) is 5.77. The first-order valence-electron chi connectivity index (χ1n) is 7.60. The van der Waals surface area contributed by atoms with Crippen LogP contribution in [0.25, 0.3) is 0 Å². The van der Waals surface area contributed by atoms with Gasteiger partial charge in [-0.1, -0.05) is 38.1 Å². The largest absolute Gasteiger partial charge is 0.481 e. The molecule has 1 unspecified atom stereocenters. The smallest absolute Gasteiger partial charge is 0.310 e. The van der Waals surface area contributed by atoms with Crippen molar-refractivity contribution in [2.45, 2.75) is 39.7 Å². The van der Waals surface area contributed by atoms with E-state index < -0.39 is 11.9 Å². The van der Waals surface area contributed by atoms with Gasteiger partial charge in [0.25, 0.3) is 0 Å². The summed E-state index contributed by atoms with van der Waals surface area (Å²) in [6, 6.07) is 7.71. The van der Waals surface area contributed by atoms with Gasteiger partial charge in [0.15, 0.2) is 0 Å². The normalized spacial score (nSPS) is 12.6. The molecule has 0 aliphatic carbocycles. The van der Waals surface area contributed by atoms with E-state index in [1.54, 1.807) is 6.92 Å². The molecule has 1 aromatic carbocycles. The molecule has 1 atom stereocenters. The molecule has 0 heterocycles. The number of benzene rings is 1. The molecule has 0 bridgehead atoms. The Morgan fingerprint density at radius 2 is 1.86 bits per heavy atom. The van der Waals surface area contributed by atoms with E-state index in [-0.39, 0.29) is 0 Å². The lowest BCUT2D eigenvalue weighted by Crippen LogP contribution is -2.19. The van der Waals surface area contributed by atoms with Crippen LogP contribution in [0.1, 0.15) is 44.2 Å². The first-order chi connectivity index (χ1) is 10.0. The molecule has 0 aliphatic heterocycles. The molecule has 0 spiro atoms. The molecule has 21 heavy (non-hydrogen) atoms. The van der Waals surface area contributed by atoms with E-state index in [0.717, 1.165) is 43.9 Å². The second kappa shape index (κ2) is 9.53. The van der Waals surface area contributed by atoms with Gasteiger partial charge in [-0.15, -0.1) is 0 Å². The van der Waals surface area contributed by atoms with Gasteiger partial charge in [0.1, 0.15) is 0 Å². The van der Waals surface area contributed by atoms with Crippen LogP contribution in [0.2, 0.25) is 0 Å². The van der Waals surface area contributed by atoms with Gasteiger partial charge in [0.05, 0.1) is 12.5 Å². The van der Waals surface area contributed by atoms with Crippen LogP contribution in [0, 0.1) is 5.92 Å². The molecule has 2 N–H and O–H groups in total. The number of ether oxygens (including phenoxy) is 1. The van der Waals surface area contributed by atoms with E-state index in [1.807, 2.05) is 24.3 Å². The Morgan fingerprint density at radius 1 is 1.19 bits per heavy atom. The van der Waals surface area contributed by atoms with Gasteiger partial charge in [-0.2, -0.15) is 0 Å². The van der Waals surface area contributed by atoms with E-state index in [0.29, 0.717) is 5.92 Å². The van der Waals surface area contributed by atoms with Crippen molar-refractivity contribution >= 4 is 5.97 Å². The standard InChI is InChI=1S/C17H27NO3/c1-13(2)8-10-21-11-9-18-12-15-4-6-16(7-5-15)14(3)17(19)20/h4-7,13-14,18H,8-12H2,1-3H3,(H,19,20). The third kappa shape index (κ3) is 7.25. The highest BCUT2D eigenvalue weighted by atomic mass is 16.5. The Hall–Kier alpha value is -1.39. The van der Waals surface area contributed by atoms with Crippen LogP contribution < -0.4 is 5.32 Å². The average Bonchev–Trinajstić information content (AvgIpc) is 2.45. The Kier molecular flexibility index (Phi) is 8.01. The van der Waals surface area contributed by atoms with E-state index in [4.69, 9.17) is 9.84 Å². The monoisotopic (exact) mass is 293 g/mol. The minimum Gasteiger partial charge on any atom is -0.481 e. The molecule has 1 aromatic rings. The quantitative estimate of drug-likeness (QED) is 0.651. The van der Waals surface area contributed by atoms with Crippen molar-refractivity contribution in [3.8, 4) is 0 Å². The first kappa shape index (κ1) is 17.7. The highest BCUT2D eigenvalue weighted by Gasteiger charge is 2.12. The van der Waals surface area contributed by atoms with Crippen molar-refractivity contribution in [2.75, 3.05) is 19.8 Å². The maximum atomic E-state index is 10.9. The maximum Gasteiger partial charge on any atom is 0.310 e. The van der Waals surface area contributed by atoms with Crippen LogP contribution in [0.4, 0.5) is 0 Å². The van der Waals surface area contributed by atoms with Gasteiger partial charge < -0.3 is 15.2 Å². The molecule has 0 radical (unpaired) electrons. The molecule has 0 aliphatic rings. The van der Waals surface area contributed by atoms with Crippen LogP contribution in [0.3, 0.4) is 0 Å². The minimum absolute atomic E-state index is 0.457. The van der Waals surface area contributed by atoms with E-state index >= 15 is 0 Å². The predicted octanol–water partition coefficient (Wildman–Crippen LogP) is 3.03. The Labute approximate surface area is 127 Å². The van der Waals surface area contributed by atoms with Gasteiger partial charge in [-0.25, -0.2) is 0 Å². The van der Waals surface area contributed by atoms with E-state index in [1.165, 1.54) is 0 Å². The minimum atomic E-state index is -0.792. The lowest BCUT2D eigenvalue weighted by Gasteiger charge is -2.09. The summed E-state index contributed by atoms with van der Waals surface area (Å²) in [7, 11) is 0. The lowest BCUT2D eigenvalue weighted by molar-refractivity contribution is -0.138. The number of rotatable bonds is 10. The summed E-state index contributed by atoms with van der Waals surface area (Å²) in [4.78, 5) is 10.9. The number of carboxylic acids is 1. The molecular formula is C17H27NO3. The molecule has 4 nitrogen and oxygen atoms in total. The zero-order chi connectivity index (χ0) is 15.7. The van der Waals surface area contributed by atoms with Crippen LogP contribution in [0.15, 0.2) is 24.3 Å². The van der Waals surface area contributed by atoms with Crippen molar-refractivity contribution < 1.29 is 14.6 Å². The summed E-state index contributed by atoms with van der Waals surface area (Å²) in [5.41, 5.74) is 1.99. The predicted molar refractivity (Wildman–Crippen MR) is 84.5 cm³/mol. The fourth-order valence-corrected chi connectivity index (χ4v) is 1.86. The molecule has 0 fully saturated rings. The van der Waals surface area contributed by atoms with Gasteiger partial charge in [0, 0.05) is 19.7 Å². The fourth-order valence-electron chi connectivity index (χ4n) is 1.86. The summed E-state index contributed by atoms with van der Waals surface area (Å²) >= 11 is 0. The van der Waals surface area contributed by atoms with Gasteiger partial charge in [-0.3, -0.25) is 4.79 Å². The zero-order valence-electron chi connectivity index (χ0n) is 13.3. The second-order valence-corrected chi connectivity index (χ2v) is 5.77. The number of hydrogen-bond acceptors (Lipinski definition) is 3. The van der Waals surface area contributed by atoms with Gasteiger partial charge in [-0.05, 0) is 30.4 Å². The van der Waals surface area contributed by atoms with E-state index in [2.05, 4.69) is 19.2 Å². The van der Waals surface area contributed by atoms with Gasteiger partial charge in [0.2, 0.25) is 0 Å². The number of aliphatic carboxylic acids is 1. The Balaban J connectivity index is 2.20. The summed E-state index contributed by atoms with van der Waals surface area (Å²) in [6.45, 7) is 9.22. The highest BCUT2D eigenvalue weighted by Crippen LogP contribution is 2.15. The summed E-state index contributed by atoms with van der Waals surface area (Å²) in [5.74, 6) is -0.564. The molecule has 0 saturated carbocycles. The van der Waals surface area contributed by atoms with Crippen LogP contribution >= 0.6 is 0 Å². The molecule has 0 saturated heterocycles. The number of carbonyl (C=O) groups is 1. The number of nitrogens with one attached hydrogen (secondary N) is 1. The lowest BCUT2D eigenvalue weighted by atomic mass is 10.0. The topological polar surface area (TPSA) is 58.6 Å². The molecular weight excluding hydrogens is 266 g/mol. The third-order valence-electron chi connectivity index (χ3n) is 3.44. The van der Waals surface area contributed by atoms with Crippen molar-refractivity contribution in [3.05, 3.63) is 35.4 Å². The molecule has 0 aromatic heterocycles. The fraction of sp³-hybridized carbons (Fsp3) is 0.588. The van der Waals surface area contributed by atoms with Crippen molar-refractivity contribution in [3.63, 3.8) is 0 Å². The van der Waals surface area contributed by atoms with E-state index in [9.17, 15) is 4.79 Å². The van der Waals surface area contributed by atoms with Crippen molar-refractivity contribution in [1.29, 1.82) is 0 Å².